The summed E-state index contributed by atoms with van der Waals surface area (Å²) in [7, 11) is 0. The lowest BCUT2D eigenvalue weighted by Crippen LogP contribution is -2.31. The van der Waals surface area contributed by atoms with Crippen molar-refractivity contribution in [3.05, 3.63) is 126 Å². The smallest absolute Gasteiger partial charge is 0.295 e. The van der Waals surface area contributed by atoms with Gasteiger partial charge in [0.15, 0.2) is 0 Å². The SMILES string of the molecule is O=C1C(=O)N(CCCn2ccnc2)C(c2cccc(OCc3ccccc3)c2)C1=C(O)c1ccccc1. The van der Waals surface area contributed by atoms with E-state index in [9.17, 15) is 14.7 Å². The van der Waals surface area contributed by atoms with Gasteiger partial charge in [-0.1, -0.05) is 72.8 Å². The Balaban J connectivity index is 1.48. The van der Waals surface area contributed by atoms with Gasteiger partial charge in [0.25, 0.3) is 11.7 Å². The number of benzene rings is 3. The topological polar surface area (TPSA) is 84.7 Å². The number of nitrogens with zero attached hydrogens (tertiary/aromatic N) is 3. The lowest BCUT2D eigenvalue weighted by molar-refractivity contribution is -0.139. The molecule has 1 N–H and O–H groups in total. The van der Waals surface area contributed by atoms with Crippen molar-refractivity contribution in [2.24, 2.45) is 0 Å². The van der Waals surface area contributed by atoms with Crippen molar-refractivity contribution < 1.29 is 19.4 Å². The van der Waals surface area contributed by atoms with E-state index < -0.39 is 17.7 Å². The van der Waals surface area contributed by atoms with Crippen LogP contribution >= 0.6 is 0 Å². The highest BCUT2D eigenvalue weighted by molar-refractivity contribution is 6.46. The predicted molar refractivity (Wildman–Crippen MR) is 140 cm³/mol. The number of aliphatic hydroxyl groups excluding tert-OH is 1. The summed E-state index contributed by atoms with van der Waals surface area (Å²) >= 11 is 0. The second kappa shape index (κ2) is 11.0. The largest absolute Gasteiger partial charge is 0.507 e. The molecule has 1 amide bonds. The molecule has 7 heteroatoms. The molecule has 0 bridgehead atoms. The Labute approximate surface area is 215 Å². The van der Waals surface area contributed by atoms with Gasteiger partial charge in [0.2, 0.25) is 0 Å². The third kappa shape index (κ3) is 5.30. The van der Waals surface area contributed by atoms with E-state index in [1.54, 1.807) is 41.7 Å². The molecular formula is C30H27N3O4. The van der Waals surface area contributed by atoms with Crippen LogP contribution in [0, 0.1) is 0 Å². The van der Waals surface area contributed by atoms with Crippen molar-refractivity contribution in [1.82, 2.24) is 14.5 Å². The molecule has 0 radical (unpaired) electrons. The summed E-state index contributed by atoms with van der Waals surface area (Å²) < 4.78 is 7.94. The molecule has 2 heterocycles. The van der Waals surface area contributed by atoms with E-state index in [0.717, 1.165) is 5.56 Å². The number of carbonyl (C=O) groups excluding carboxylic acids is 2. The molecule has 3 aromatic carbocycles. The number of likely N-dealkylation sites (tertiary alicyclic amines) is 1. The summed E-state index contributed by atoms with van der Waals surface area (Å²) in [6.45, 7) is 1.38. The molecule has 4 aromatic rings. The van der Waals surface area contributed by atoms with E-state index >= 15 is 0 Å². The molecule has 1 fully saturated rings. The number of aromatic nitrogens is 2. The van der Waals surface area contributed by atoms with Crippen LogP contribution in [0.4, 0.5) is 0 Å². The first-order chi connectivity index (χ1) is 18.1. The Morgan fingerprint density at radius 3 is 2.41 bits per heavy atom. The fourth-order valence-corrected chi connectivity index (χ4v) is 4.57. The standard InChI is InChI=1S/C30H27N3O4/c34-28(23-11-5-2-6-12-23)26-27(33(30(36)29(26)35)17-8-16-32-18-15-31-21-32)24-13-7-14-25(19-24)37-20-22-9-3-1-4-10-22/h1-7,9-15,18-19,21,27,34H,8,16-17,20H2. The number of Topliss-reactive ketones (excluding diaryl/α,β-unsaturated/α-hetero) is 1. The van der Waals surface area contributed by atoms with E-state index in [-0.39, 0.29) is 11.3 Å². The number of hydrogen-bond donors (Lipinski definition) is 1. The molecule has 37 heavy (non-hydrogen) atoms. The molecule has 1 aliphatic heterocycles. The minimum Gasteiger partial charge on any atom is -0.507 e. The van der Waals surface area contributed by atoms with Gasteiger partial charge in [-0.15, -0.1) is 0 Å². The van der Waals surface area contributed by atoms with E-state index in [0.29, 0.717) is 43.0 Å². The van der Waals surface area contributed by atoms with Crippen molar-refractivity contribution >= 4 is 17.4 Å². The lowest BCUT2D eigenvalue weighted by atomic mass is 9.95. The number of imidazole rings is 1. The molecule has 1 saturated heterocycles. The highest BCUT2D eigenvalue weighted by Crippen LogP contribution is 2.40. The molecule has 1 unspecified atom stereocenters. The van der Waals surface area contributed by atoms with Crippen LogP contribution in [-0.4, -0.2) is 37.8 Å². The first-order valence-electron chi connectivity index (χ1n) is 12.2. The van der Waals surface area contributed by atoms with Crippen LogP contribution in [0.25, 0.3) is 5.76 Å². The van der Waals surface area contributed by atoms with Gasteiger partial charge in [0.1, 0.15) is 18.1 Å². The third-order valence-electron chi connectivity index (χ3n) is 6.38. The Kier molecular flexibility index (Phi) is 7.12. The zero-order valence-corrected chi connectivity index (χ0v) is 20.2. The monoisotopic (exact) mass is 493 g/mol. The molecule has 186 valence electrons. The highest BCUT2D eigenvalue weighted by Gasteiger charge is 2.45. The number of amides is 1. The zero-order valence-electron chi connectivity index (χ0n) is 20.2. The fourth-order valence-electron chi connectivity index (χ4n) is 4.57. The van der Waals surface area contributed by atoms with Crippen LogP contribution < -0.4 is 4.74 Å². The number of rotatable bonds is 9. The van der Waals surface area contributed by atoms with Gasteiger partial charge in [-0.25, -0.2) is 4.98 Å². The molecule has 7 nitrogen and oxygen atoms in total. The third-order valence-corrected chi connectivity index (χ3v) is 6.38. The van der Waals surface area contributed by atoms with Crippen LogP contribution in [0.2, 0.25) is 0 Å². The molecule has 0 aliphatic carbocycles. The van der Waals surface area contributed by atoms with Gasteiger partial charge in [-0.2, -0.15) is 0 Å². The quantitative estimate of drug-likeness (QED) is 0.202. The Morgan fingerprint density at radius 1 is 0.919 bits per heavy atom. The summed E-state index contributed by atoms with van der Waals surface area (Å²) in [4.78, 5) is 32.0. The number of ketones is 1. The van der Waals surface area contributed by atoms with E-state index in [1.165, 1.54) is 0 Å². The van der Waals surface area contributed by atoms with Crippen molar-refractivity contribution in [2.45, 2.75) is 25.6 Å². The predicted octanol–water partition coefficient (Wildman–Crippen LogP) is 4.97. The summed E-state index contributed by atoms with van der Waals surface area (Å²) in [5, 5.41) is 11.2. The number of hydrogen-bond acceptors (Lipinski definition) is 5. The fraction of sp³-hybridized carbons (Fsp3) is 0.167. The molecular weight excluding hydrogens is 466 g/mol. The van der Waals surface area contributed by atoms with Crippen LogP contribution in [0.15, 0.2) is 109 Å². The van der Waals surface area contributed by atoms with Crippen LogP contribution in [0.5, 0.6) is 5.75 Å². The maximum atomic E-state index is 13.2. The number of aryl methyl sites for hydroxylation is 1. The van der Waals surface area contributed by atoms with Gasteiger partial charge in [0.05, 0.1) is 17.9 Å². The molecule has 0 spiro atoms. The van der Waals surface area contributed by atoms with Crippen molar-refractivity contribution in [2.75, 3.05) is 6.54 Å². The van der Waals surface area contributed by atoms with Gasteiger partial charge in [-0.3, -0.25) is 9.59 Å². The molecule has 0 saturated carbocycles. The van der Waals surface area contributed by atoms with Crippen molar-refractivity contribution in [1.29, 1.82) is 0 Å². The van der Waals surface area contributed by atoms with Gasteiger partial charge in [0, 0.05) is 31.0 Å². The maximum absolute atomic E-state index is 13.2. The Bertz CT molecular complexity index is 1400. The summed E-state index contributed by atoms with van der Waals surface area (Å²) in [6, 6.07) is 25.3. The van der Waals surface area contributed by atoms with E-state index in [1.807, 2.05) is 71.4 Å². The van der Waals surface area contributed by atoms with Crippen molar-refractivity contribution in [3.8, 4) is 5.75 Å². The second-order valence-electron chi connectivity index (χ2n) is 8.86. The van der Waals surface area contributed by atoms with Crippen LogP contribution in [0.1, 0.15) is 29.2 Å². The molecule has 1 aliphatic rings. The summed E-state index contributed by atoms with van der Waals surface area (Å²) in [6.07, 6.45) is 5.89. The van der Waals surface area contributed by atoms with E-state index in [2.05, 4.69) is 4.98 Å². The van der Waals surface area contributed by atoms with E-state index in [4.69, 9.17) is 4.74 Å². The Hall–Kier alpha value is -4.65. The van der Waals surface area contributed by atoms with Gasteiger partial charge < -0.3 is 19.3 Å². The Morgan fingerprint density at radius 2 is 1.68 bits per heavy atom. The highest BCUT2D eigenvalue weighted by atomic mass is 16.5. The average Bonchev–Trinajstić information content (AvgIpc) is 3.55. The van der Waals surface area contributed by atoms with Gasteiger partial charge in [-0.05, 0) is 29.7 Å². The van der Waals surface area contributed by atoms with Crippen molar-refractivity contribution in [3.63, 3.8) is 0 Å². The second-order valence-corrected chi connectivity index (χ2v) is 8.86. The normalized spacial score (nSPS) is 16.8. The minimum absolute atomic E-state index is 0.0824. The van der Waals surface area contributed by atoms with Crippen LogP contribution in [0.3, 0.4) is 0 Å². The number of carbonyl (C=O) groups is 2. The first kappa shape index (κ1) is 24.1. The number of aliphatic hydroxyl groups is 1. The molecule has 1 aromatic heterocycles. The maximum Gasteiger partial charge on any atom is 0.295 e. The molecule has 1 atom stereocenters. The van der Waals surface area contributed by atoms with Gasteiger partial charge >= 0.3 is 0 Å². The lowest BCUT2D eigenvalue weighted by Gasteiger charge is -2.26. The zero-order chi connectivity index (χ0) is 25.6. The summed E-state index contributed by atoms with van der Waals surface area (Å²) in [5.41, 5.74) is 2.30. The average molecular weight is 494 g/mol. The first-order valence-corrected chi connectivity index (χ1v) is 12.2. The summed E-state index contributed by atoms with van der Waals surface area (Å²) in [5.74, 6) is -0.880. The molecule has 5 rings (SSSR count). The number of ether oxygens (including phenoxy) is 1. The minimum atomic E-state index is -0.733. The van der Waals surface area contributed by atoms with Crippen LogP contribution in [-0.2, 0) is 22.7 Å².